The highest BCUT2D eigenvalue weighted by atomic mass is 32.2. The summed E-state index contributed by atoms with van der Waals surface area (Å²) in [6.45, 7) is 0.694. The van der Waals surface area contributed by atoms with Gasteiger partial charge in [-0.3, -0.25) is 4.31 Å². The Morgan fingerprint density at radius 2 is 1.74 bits per heavy atom. The van der Waals surface area contributed by atoms with Crippen molar-refractivity contribution in [3.8, 4) is 0 Å². The molecule has 31 heavy (non-hydrogen) atoms. The van der Waals surface area contributed by atoms with Crippen LogP contribution in [0.3, 0.4) is 0 Å². The summed E-state index contributed by atoms with van der Waals surface area (Å²) in [6, 6.07) is 19.2. The van der Waals surface area contributed by atoms with Crippen molar-refractivity contribution in [3.63, 3.8) is 0 Å². The molecule has 0 radical (unpaired) electrons. The molecule has 0 spiro atoms. The molecule has 1 aliphatic rings. The van der Waals surface area contributed by atoms with Gasteiger partial charge in [0, 0.05) is 18.8 Å². The first-order chi connectivity index (χ1) is 14.9. The van der Waals surface area contributed by atoms with Gasteiger partial charge < -0.3 is 10.6 Å². The van der Waals surface area contributed by atoms with Gasteiger partial charge in [-0.2, -0.15) is 0 Å². The Hall–Kier alpha value is -3.39. The molecule has 4 rings (SSSR count). The van der Waals surface area contributed by atoms with Crippen LogP contribution >= 0.6 is 0 Å². The number of sulfonamides is 1. The summed E-state index contributed by atoms with van der Waals surface area (Å²) in [5.41, 5.74) is 2.87. The minimum absolute atomic E-state index is 0.0284. The fraction of sp³-hybridized carbons (Fsp3) is 0.174. The summed E-state index contributed by atoms with van der Waals surface area (Å²) in [6.07, 6.45) is 1.42. The fourth-order valence-corrected chi connectivity index (χ4v) is 5.09. The molecule has 0 aliphatic carbocycles. The predicted octanol–water partition coefficient (Wildman–Crippen LogP) is 4.29. The SMILES string of the molecule is O=C(NCc1ccccc1)Nc1ccc2c(c1)N(S(=O)(=O)c1ccc(F)cc1)CCC2. The molecule has 6 nitrogen and oxygen atoms in total. The maximum Gasteiger partial charge on any atom is 0.319 e. The molecule has 0 atom stereocenters. The third kappa shape index (κ3) is 4.69. The summed E-state index contributed by atoms with van der Waals surface area (Å²) in [7, 11) is -3.85. The monoisotopic (exact) mass is 439 g/mol. The molecule has 3 aromatic rings. The van der Waals surface area contributed by atoms with Crippen molar-refractivity contribution >= 4 is 27.4 Å². The van der Waals surface area contributed by atoms with Crippen molar-refractivity contribution in [3.05, 3.63) is 89.7 Å². The van der Waals surface area contributed by atoms with E-state index < -0.39 is 15.8 Å². The molecular formula is C23H22FN3O3S. The molecule has 0 saturated carbocycles. The molecule has 8 heteroatoms. The fourth-order valence-electron chi connectivity index (χ4n) is 3.56. The molecule has 160 valence electrons. The largest absolute Gasteiger partial charge is 0.334 e. The Bertz CT molecular complexity index is 1180. The van der Waals surface area contributed by atoms with E-state index in [0.29, 0.717) is 30.9 Å². The number of hydrogen-bond donors (Lipinski definition) is 2. The van der Waals surface area contributed by atoms with Crippen LogP contribution in [0.1, 0.15) is 17.5 Å². The van der Waals surface area contributed by atoms with Gasteiger partial charge in [0.2, 0.25) is 0 Å². The molecule has 2 N–H and O–H groups in total. The van der Waals surface area contributed by atoms with Crippen LogP contribution in [0.15, 0.2) is 77.7 Å². The number of anilines is 2. The highest BCUT2D eigenvalue weighted by Gasteiger charge is 2.29. The number of halogens is 1. The highest BCUT2D eigenvalue weighted by Crippen LogP contribution is 2.34. The quantitative estimate of drug-likeness (QED) is 0.623. The number of rotatable bonds is 5. The van der Waals surface area contributed by atoms with Crippen molar-refractivity contribution < 1.29 is 17.6 Å². The normalized spacial score (nSPS) is 13.4. The standard InChI is InChI=1S/C23H22FN3O3S/c24-19-9-12-21(13-10-19)31(29,30)27-14-4-7-18-8-11-20(15-22(18)27)26-23(28)25-16-17-5-2-1-3-6-17/h1-3,5-6,8-13,15H,4,7,14,16H2,(H2,25,26,28). The molecule has 0 unspecified atom stereocenters. The van der Waals surface area contributed by atoms with Crippen LogP contribution in [0.2, 0.25) is 0 Å². The predicted molar refractivity (Wildman–Crippen MR) is 118 cm³/mol. The van der Waals surface area contributed by atoms with E-state index in [1.165, 1.54) is 16.4 Å². The van der Waals surface area contributed by atoms with Crippen LogP contribution in [0.5, 0.6) is 0 Å². The summed E-state index contributed by atoms with van der Waals surface area (Å²) < 4.78 is 40.9. The number of aryl methyl sites for hydroxylation is 1. The van der Waals surface area contributed by atoms with E-state index in [1.54, 1.807) is 12.1 Å². The molecule has 2 amide bonds. The van der Waals surface area contributed by atoms with Crippen molar-refractivity contribution in [2.24, 2.45) is 0 Å². The third-order valence-corrected chi connectivity index (χ3v) is 6.94. The van der Waals surface area contributed by atoms with Crippen molar-refractivity contribution in [1.29, 1.82) is 0 Å². The van der Waals surface area contributed by atoms with E-state index in [1.807, 2.05) is 36.4 Å². The van der Waals surface area contributed by atoms with E-state index in [2.05, 4.69) is 10.6 Å². The molecular weight excluding hydrogens is 417 g/mol. The van der Waals surface area contributed by atoms with E-state index >= 15 is 0 Å². The number of nitrogens with one attached hydrogen (secondary N) is 2. The Kier molecular flexibility index (Phi) is 5.90. The van der Waals surface area contributed by atoms with Gasteiger partial charge in [-0.15, -0.1) is 0 Å². The van der Waals surface area contributed by atoms with Crippen LogP contribution in [-0.4, -0.2) is 21.0 Å². The number of nitrogens with zero attached hydrogens (tertiary/aromatic N) is 1. The number of carbonyl (C=O) groups is 1. The van der Waals surface area contributed by atoms with Gasteiger partial charge in [-0.05, 0) is 60.4 Å². The lowest BCUT2D eigenvalue weighted by Crippen LogP contribution is -2.35. The molecule has 1 heterocycles. The summed E-state index contributed by atoms with van der Waals surface area (Å²) in [5, 5.41) is 5.54. The third-order valence-electron chi connectivity index (χ3n) is 5.12. The van der Waals surface area contributed by atoms with E-state index in [9.17, 15) is 17.6 Å². The number of benzene rings is 3. The average molecular weight is 440 g/mol. The van der Waals surface area contributed by atoms with Gasteiger partial charge in [0.15, 0.2) is 0 Å². The highest BCUT2D eigenvalue weighted by molar-refractivity contribution is 7.92. The maximum atomic E-state index is 13.2. The van der Waals surface area contributed by atoms with E-state index in [0.717, 1.165) is 29.7 Å². The van der Waals surface area contributed by atoms with Gasteiger partial charge in [0.05, 0.1) is 10.6 Å². The number of carbonyl (C=O) groups excluding carboxylic acids is 1. The molecule has 0 bridgehead atoms. The number of amides is 2. The minimum atomic E-state index is -3.85. The Labute approximate surface area is 180 Å². The van der Waals surface area contributed by atoms with Crippen LogP contribution < -0.4 is 14.9 Å². The molecule has 0 fully saturated rings. The minimum Gasteiger partial charge on any atom is -0.334 e. The van der Waals surface area contributed by atoms with Gasteiger partial charge in [0.1, 0.15) is 5.82 Å². The Morgan fingerprint density at radius 1 is 1.00 bits per heavy atom. The van der Waals surface area contributed by atoms with Gasteiger partial charge in [-0.25, -0.2) is 17.6 Å². The first-order valence-electron chi connectivity index (χ1n) is 9.93. The second kappa shape index (κ2) is 8.77. The summed E-state index contributed by atoms with van der Waals surface area (Å²) in [5.74, 6) is -0.494. The van der Waals surface area contributed by atoms with Crippen LogP contribution in [0.4, 0.5) is 20.6 Å². The topological polar surface area (TPSA) is 78.5 Å². The van der Waals surface area contributed by atoms with Gasteiger partial charge in [-0.1, -0.05) is 36.4 Å². The molecule has 0 saturated heterocycles. The van der Waals surface area contributed by atoms with Crippen LogP contribution in [0, 0.1) is 5.82 Å². The Morgan fingerprint density at radius 3 is 2.48 bits per heavy atom. The molecule has 0 aromatic heterocycles. The zero-order chi connectivity index (χ0) is 21.8. The lowest BCUT2D eigenvalue weighted by molar-refractivity contribution is 0.251. The summed E-state index contributed by atoms with van der Waals surface area (Å²) in [4.78, 5) is 12.3. The van der Waals surface area contributed by atoms with E-state index in [-0.39, 0.29) is 10.9 Å². The lowest BCUT2D eigenvalue weighted by atomic mass is 10.0. The average Bonchev–Trinajstić information content (AvgIpc) is 2.78. The van der Waals surface area contributed by atoms with Crippen molar-refractivity contribution in [1.82, 2.24) is 5.32 Å². The van der Waals surface area contributed by atoms with Crippen LogP contribution in [0.25, 0.3) is 0 Å². The number of hydrogen-bond acceptors (Lipinski definition) is 3. The second-order valence-corrected chi connectivity index (χ2v) is 9.13. The molecule has 3 aromatic carbocycles. The van der Waals surface area contributed by atoms with Crippen LogP contribution in [-0.2, 0) is 23.0 Å². The second-order valence-electron chi connectivity index (χ2n) is 7.27. The summed E-state index contributed by atoms with van der Waals surface area (Å²) >= 11 is 0. The Balaban J connectivity index is 1.53. The zero-order valence-corrected chi connectivity index (χ0v) is 17.5. The maximum absolute atomic E-state index is 13.2. The van der Waals surface area contributed by atoms with Crippen molar-refractivity contribution in [2.45, 2.75) is 24.3 Å². The van der Waals surface area contributed by atoms with Crippen molar-refractivity contribution in [2.75, 3.05) is 16.2 Å². The zero-order valence-electron chi connectivity index (χ0n) is 16.7. The first-order valence-corrected chi connectivity index (χ1v) is 11.4. The smallest absolute Gasteiger partial charge is 0.319 e. The lowest BCUT2D eigenvalue weighted by Gasteiger charge is -2.31. The first kappa shape index (κ1) is 20.9. The molecule has 1 aliphatic heterocycles. The number of urea groups is 1. The number of fused-ring (bicyclic) bond motifs is 1. The van der Waals surface area contributed by atoms with Gasteiger partial charge >= 0.3 is 6.03 Å². The van der Waals surface area contributed by atoms with E-state index in [4.69, 9.17) is 0 Å². The van der Waals surface area contributed by atoms with Gasteiger partial charge in [0.25, 0.3) is 10.0 Å².